The van der Waals surface area contributed by atoms with E-state index in [4.69, 9.17) is 4.42 Å². The summed E-state index contributed by atoms with van der Waals surface area (Å²) in [5, 5.41) is 3.30. The lowest BCUT2D eigenvalue weighted by atomic mass is 10.2. The fraction of sp³-hybridized carbons (Fsp3) is 0.727. The second-order valence-electron chi connectivity index (χ2n) is 4.00. The van der Waals surface area contributed by atoms with Crippen LogP contribution in [0.15, 0.2) is 10.6 Å². The minimum absolute atomic E-state index is 0.667. The molecule has 80 valence electrons. The van der Waals surface area contributed by atoms with Gasteiger partial charge in [0.2, 0.25) is 5.89 Å². The predicted molar refractivity (Wildman–Crippen MR) is 57.0 cm³/mol. The molecule has 0 aliphatic carbocycles. The monoisotopic (exact) mass is 196 g/mol. The molecule has 3 nitrogen and oxygen atoms in total. The van der Waals surface area contributed by atoms with Crippen LogP contribution in [0.1, 0.15) is 38.8 Å². The quantitative estimate of drug-likeness (QED) is 0.759. The van der Waals surface area contributed by atoms with Crippen molar-refractivity contribution in [2.45, 2.75) is 40.2 Å². The van der Waals surface area contributed by atoms with Crippen molar-refractivity contribution in [3.63, 3.8) is 0 Å². The number of nitrogens with one attached hydrogen (secondary N) is 1. The van der Waals surface area contributed by atoms with Gasteiger partial charge in [-0.3, -0.25) is 0 Å². The molecule has 0 fully saturated rings. The maximum Gasteiger partial charge on any atom is 0.208 e. The highest BCUT2D eigenvalue weighted by Gasteiger charge is 2.02. The summed E-state index contributed by atoms with van der Waals surface area (Å²) in [5.74, 6) is 2.46. The Hall–Kier alpha value is -0.830. The molecule has 0 aliphatic heterocycles. The van der Waals surface area contributed by atoms with E-state index in [1.807, 2.05) is 6.20 Å². The van der Waals surface area contributed by atoms with E-state index in [9.17, 15) is 0 Å². The minimum Gasteiger partial charge on any atom is -0.444 e. The van der Waals surface area contributed by atoms with E-state index in [0.717, 1.165) is 37.6 Å². The van der Waals surface area contributed by atoms with Crippen molar-refractivity contribution in [3.05, 3.63) is 17.8 Å². The van der Waals surface area contributed by atoms with Gasteiger partial charge in [-0.25, -0.2) is 4.98 Å². The number of aryl methyl sites for hydroxylation is 1. The van der Waals surface area contributed by atoms with Crippen molar-refractivity contribution in [3.8, 4) is 0 Å². The predicted octanol–water partition coefficient (Wildman–Crippen LogP) is 2.37. The van der Waals surface area contributed by atoms with Gasteiger partial charge in [0.15, 0.2) is 0 Å². The fourth-order valence-electron chi connectivity index (χ4n) is 1.26. The molecule has 1 aromatic heterocycles. The number of nitrogens with zero attached hydrogens (tertiary/aromatic N) is 1. The van der Waals surface area contributed by atoms with E-state index in [-0.39, 0.29) is 0 Å². The van der Waals surface area contributed by atoms with E-state index in [1.165, 1.54) is 0 Å². The van der Waals surface area contributed by atoms with Gasteiger partial charge in [-0.2, -0.15) is 0 Å². The van der Waals surface area contributed by atoms with Crippen LogP contribution in [0, 0.1) is 5.92 Å². The van der Waals surface area contributed by atoms with Gasteiger partial charge in [-0.05, 0) is 18.9 Å². The average molecular weight is 196 g/mol. The van der Waals surface area contributed by atoms with Crippen LogP contribution in [0.3, 0.4) is 0 Å². The molecule has 0 radical (unpaired) electrons. The van der Waals surface area contributed by atoms with Crippen LogP contribution in [0.4, 0.5) is 0 Å². The first-order valence-electron chi connectivity index (χ1n) is 5.36. The van der Waals surface area contributed by atoms with Crippen molar-refractivity contribution in [1.29, 1.82) is 0 Å². The van der Waals surface area contributed by atoms with E-state index in [0.29, 0.717) is 5.92 Å². The Kier molecular flexibility index (Phi) is 4.66. The topological polar surface area (TPSA) is 38.1 Å². The van der Waals surface area contributed by atoms with Crippen LogP contribution in [0.2, 0.25) is 0 Å². The van der Waals surface area contributed by atoms with Crippen LogP contribution in [0.5, 0.6) is 0 Å². The summed E-state index contributed by atoms with van der Waals surface area (Å²) in [5.41, 5.74) is 0. The van der Waals surface area contributed by atoms with Crippen molar-refractivity contribution < 1.29 is 4.42 Å². The van der Waals surface area contributed by atoms with Gasteiger partial charge in [0.1, 0.15) is 5.76 Å². The number of rotatable bonds is 6. The third kappa shape index (κ3) is 3.92. The van der Waals surface area contributed by atoms with E-state index >= 15 is 0 Å². The molecular weight excluding hydrogens is 176 g/mol. The molecule has 1 N–H and O–H groups in total. The molecule has 0 saturated heterocycles. The van der Waals surface area contributed by atoms with Crippen LogP contribution >= 0.6 is 0 Å². The summed E-state index contributed by atoms with van der Waals surface area (Å²) in [6.07, 6.45) is 3.92. The molecule has 0 amide bonds. The van der Waals surface area contributed by atoms with Gasteiger partial charge < -0.3 is 9.73 Å². The first-order valence-corrected chi connectivity index (χ1v) is 5.36. The minimum atomic E-state index is 0.667. The summed E-state index contributed by atoms with van der Waals surface area (Å²) in [6.45, 7) is 8.25. The molecule has 0 aliphatic rings. The first-order chi connectivity index (χ1) is 6.72. The zero-order valence-electron chi connectivity index (χ0n) is 9.34. The molecule has 0 atom stereocenters. The van der Waals surface area contributed by atoms with Crippen LogP contribution in [-0.2, 0) is 13.0 Å². The summed E-state index contributed by atoms with van der Waals surface area (Å²) >= 11 is 0. The number of hydrogen-bond donors (Lipinski definition) is 1. The molecule has 1 heterocycles. The molecule has 1 aromatic rings. The second-order valence-corrected chi connectivity index (χ2v) is 4.00. The normalized spacial score (nSPS) is 11.1. The molecule has 0 bridgehead atoms. The smallest absolute Gasteiger partial charge is 0.208 e. The highest BCUT2D eigenvalue weighted by atomic mass is 16.4. The Morgan fingerprint density at radius 3 is 2.93 bits per heavy atom. The lowest BCUT2D eigenvalue weighted by molar-refractivity contribution is 0.425. The van der Waals surface area contributed by atoms with Crippen molar-refractivity contribution in [2.75, 3.05) is 6.54 Å². The Balaban J connectivity index is 2.28. The molecule has 1 rings (SSSR count). The average Bonchev–Trinajstić information content (AvgIpc) is 2.53. The van der Waals surface area contributed by atoms with Crippen LogP contribution < -0.4 is 5.32 Å². The molecule has 0 spiro atoms. The zero-order valence-corrected chi connectivity index (χ0v) is 9.34. The summed E-state index contributed by atoms with van der Waals surface area (Å²) in [4.78, 5) is 4.20. The van der Waals surface area contributed by atoms with Crippen molar-refractivity contribution in [1.82, 2.24) is 10.3 Å². The van der Waals surface area contributed by atoms with Gasteiger partial charge in [-0.15, -0.1) is 0 Å². The number of hydrogen-bond acceptors (Lipinski definition) is 3. The Morgan fingerprint density at radius 1 is 1.50 bits per heavy atom. The zero-order chi connectivity index (χ0) is 10.4. The molecule has 0 aromatic carbocycles. The van der Waals surface area contributed by atoms with Gasteiger partial charge in [0.25, 0.3) is 0 Å². The molecule has 14 heavy (non-hydrogen) atoms. The summed E-state index contributed by atoms with van der Waals surface area (Å²) in [7, 11) is 0. The molecule has 3 heteroatoms. The molecule has 0 saturated carbocycles. The van der Waals surface area contributed by atoms with Crippen molar-refractivity contribution in [2.24, 2.45) is 5.92 Å². The van der Waals surface area contributed by atoms with Crippen LogP contribution in [0.25, 0.3) is 0 Å². The van der Waals surface area contributed by atoms with Gasteiger partial charge >= 0.3 is 0 Å². The van der Waals surface area contributed by atoms with Gasteiger partial charge in [0.05, 0.1) is 12.7 Å². The third-order valence-corrected chi connectivity index (χ3v) is 1.93. The van der Waals surface area contributed by atoms with E-state index < -0.39 is 0 Å². The number of oxazole rings is 1. The lowest BCUT2D eigenvalue weighted by Crippen LogP contribution is -2.19. The summed E-state index contributed by atoms with van der Waals surface area (Å²) < 4.78 is 5.53. The largest absolute Gasteiger partial charge is 0.444 e. The highest BCUT2D eigenvalue weighted by Crippen LogP contribution is 2.05. The van der Waals surface area contributed by atoms with Gasteiger partial charge in [0, 0.05) is 6.42 Å². The highest BCUT2D eigenvalue weighted by molar-refractivity contribution is 4.93. The van der Waals surface area contributed by atoms with E-state index in [2.05, 4.69) is 31.1 Å². The van der Waals surface area contributed by atoms with E-state index in [1.54, 1.807) is 0 Å². The standard InChI is InChI=1S/C11H20N2O/c1-4-5-10-7-13-11(14-10)8-12-6-9(2)3/h7,9,12H,4-6,8H2,1-3H3. The Labute approximate surface area is 85.9 Å². The number of aromatic nitrogens is 1. The second kappa shape index (κ2) is 5.81. The Morgan fingerprint density at radius 2 is 2.29 bits per heavy atom. The first kappa shape index (κ1) is 11.2. The molecular formula is C11H20N2O. The summed E-state index contributed by atoms with van der Waals surface area (Å²) in [6, 6.07) is 0. The SMILES string of the molecule is CCCc1cnc(CNCC(C)C)o1. The maximum atomic E-state index is 5.53. The Bertz CT molecular complexity index is 256. The molecule has 0 unspecified atom stereocenters. The van der Waals surface area contributed by atoms with Crippen LogP contribution in [-0.4, -0.2) is 11.5 Å². The third-order valence-electron chi connectivity index (χ3n) is 1.93. The lowest BCUT2D eigenvalue weighted by Gasteiger charge is -2.04. The maximum absolute atomic E-state index is 5.53. The fourth-order valence-corrected chi connectivity index (χ4v) is 1.26. The van der Waals surface area contributed by atoms with Gasteiger partial charge in [-0.1, -0.05) is 20.8 Å². The van der Waals surface area contributed by atoms with Crippen molar-refractivity contribution >= 4 is 0 Å².